The van der Waals surface area contributed by atoms with E-state index < -0.39 is 5.60 Å². The average Bonchev–Trinajstić information content (AvgIpc) is 3.07. The molecule has 4 rings (SSSR count). The molecule has 3 unspecified atom stereocenters. The molecule has 0 aliphatic carbocycles. The van der Waals surface area contributed by atoms with Crippen molar-refractivity contribution in [2.75, 3.05) is 33.2 Å². The summed E-state index contributed by atoms with van der Waals surface area (Å²) in [5.41, 5.74) is 0.817. The summed E-state index contributed by atoms with van der Waals surface area (Å²) < 4.78 is 6.67. The topological polar surface area (TPSA) is 32.8 Å². The predicted octanol–water partition coefficient (Wildman–Crippen LogP) is 6.19. The minimum Gasteiger partial charge on any atom is -0.450 e. The van der Waals surface area contributed by atoms with Crippen molar-refractivity contribution in [3.05, 3.63) is 71.8 Å². The molecule has 2 aliphatic rings. The lowest BCUT2D eigenvalue weighted by Crippen LogP contribution is -2.63. The maximum atomic E-state index is 13.5. The minimum atomic E-state index is -0.681. The highest BCUT2D eigenvalue weighted by Gasteiger charge is 2.57. The largest absolute Gasteiger partial charge is 0.450 e. The summed E-state index contributed by atoms with van der Waals surface area (Å²) in [6.07, 6.45) is 5.93. The third kappa shape index (κ3) is 5.96. The van der Waals surface area contributed by atoms with Crippen molar-refractivity contribution in [3.63, 3.8) is 0 Å². The van der Waals surface area contributed by atoms with Crippen molar-refractivity contribution in [2.24, 2.45) is 5.41 Å². The highest BCUT2D eigenvalue weighted by Crippen LogP contribution is 2.51. The number of rotatable bonds is 5. The molecule has 0 spiro atoms. The first-order chi connectivity index (χ1) is 15.4. The summed E-state index contributed by atoms with van der Waals surface area (Å²) >= 11 is 0. The van der Waals surface area contributed by atoms with Gasteiger partial charge in [0.2, 0.25) is 0 Å². The van der Waals surface area contributed by atoms with Crippen LogP contribution in [0.2, 0.25) is 0 Å². The van der Waals surface area contributed by atoms with Gasteiger partial charge in [0.05, 0.1) is 5.56 Å². The number of nitrogens with zero attached hydrogens (tertiary/aromatic N) is 2. The molecule has 0 N–H and O–H groups in total. The Hall–Kier alpha value is -1.59. The average molecular weight is 508 g/mol. The van der Waals surface area contributed by atoms with Crippen LogP contribution in [0.5, 0.6) is 0 Å². The molecule has 34 heavy (non-hydrogen) atoms. The zero-order valence-corrected chi connectivity index (χ0v) is 22.4. The Morgan fingerprint density at radius 2 is 1.50 bits per heavy atom. The monoisotopic (exact) mass is 506 g/mol. The number of hydrogen-bond acceptors (Lipinski definition) is 4. The van der Waals surface area contributed by atoms with Crippen molar-refractivity contribution in [3.8, 4) is 0 Å². The van der Waals surface area contributed by atoms with E-state index in [4.69, 9.17) is 4.74 Å². The van der Waals surface area contributed by atoms with Gasteiger partial charge in [0, 0.05) is 31.0 Å². The van der Waals surface area contributed by atoms with E-state index >= 15 is 0 Å². The van der Waals surface area contributed by atoms with Crippen LogP contribution in [0, 0.1) is 5.41 Å². The molecule has 3 atom stereocenters. The van der Waals surface area contributed by atoms with Crippen molar-refractivity contribution < 1.29 is 9.53 Å². The van der Waals surface area contributed by atoms with E-state index in [1.165, 1.54) is 25.7 Å². The van der Waals surface area contributed by atoms with Gasteiger partial charge in [-0.25, -0.2) is 4.79 Å². The van der Waals surface area contributed by atoms with Crippen molar-refractivity contribution >= 4 is 30.8 Å². The number of piperidine rings is 1. The molecule has 2 aromatic carbocycles. The number of halogens is 2. The molecule has 2 aromatic rings. The van der Waals surface area contributed by atoms with Gasteiger partial charge in [0.1, 0.15) is 5.60 Å². The highest BCUT2D eigenvalue weighted by atomic mass is 35.5. The molecule has 6 heteroatoms. The normalized spacial score (nSPS) is 28.1. The summed E-state index contributed by atoms with van der Waals surface area (Å²) in [4.78, 5) is 18.5. The summed E-state index contributed by atoms with van der Waals surface area (Å²) in [6, 6.07) is 20.2. The zero-order chi connectivity index (χ0) is 22.6. The number of carbonyl (C=O) groups excluding carboxylic acids is 1. The maximum Gasteiger partial charge on any atom is 0.339 e. The second-order valence-electron chi connectivity index (χ2n) is 10.2. The maximum absolute atomic E-state index is 13.5. The van der Waals surface area contributed by atoms with Gasteiger partial charge in [0.15, 0.2) is 0 Å². The Bertz CT molecular complexity index is 890. The van der Waals surface area contributed by atoms with Gasteiger partial charge in [0.25, 0.3) is 0 Å². The third-order valence-electron chi connectivity index (χ3n) is 7.70. The lowest BCUT2D eigenvalue weighted by molar-refractivity contribution is -0.159. The molecule has 0 bridgehead atoms. The Morgan fingerprint density at radius 3 is 2.09 bits per heavy atom. The molecular formula is C28H40Cl2N2O2. The van der Waals surface area contributed by atoms with Crippen LogP contribution in [0.4, 0.5) is 0 Å². The first kappa shape index (κ1) is 28.6. The SMILES string of the molecule is CC1CC(OC(=O)c2ccccc2)(c2ccccc2)C(C)(CN2CCCCCC2)CN1C.Cl.Cl. The fourth-order valence-corrected chi connectivity index (χ4v) is 5.81. The molecule has 188 valence electrons. The molecule has 0 aromatic heterocycles. The molecule has 2 aliphatic heterocycles. The first-order valence-corrected chi connectivity index (χ1v) is 12.2. The summed E-state index contributed by atoms with van der Waals surface area (Å²) in [7, 11) is 2.21. The number of ether oxygens (including phenoxy) is 1. The van der Waals surface area contributed by atoms with Crippen LogP contribution in [-0.4, -0.2) is 55.0 Å². The van der Waals surface area contributed by atoms with E-state index in [1.54, 1.807) is 0 Å². The highest BCUT2D eigenvalue weighted by molar-refractivity contribution is 5.89. The number of benzene rings is 2. The van der Waals surface area contributed by atoms with Crippen LogP contribution < -0.4 is 0 Å². The molecular weight excluding hydrogens is 467 g/mol. The Kier molecular flexibility index (Phi) is 10.4. The number of carbonyl (C=O) groups is 1. The standard InChI is InChI=1S/C28H38N2O2.2ClH/c1-23-20-28(25-16-10-7-11-17-25,32-26(31)24-14-8-6-9-15-24)27(2,21-29(23)3)22-30-18-12-4-5-13-19-30;;/h6-11,14-17,23H,4-5,12-13,18-22H2,1-3H3;2*1H. The second kappa shape index (κ2) is 12.4. The van der Waals surface area contributed by atoms with Crippen molar-refractivity contribution in [1.82, 2.24) is 9.80 Å². The van der Waals surface area contributed by atoms with Crippen LogP contribution in [0.3, 0.4) is 0 Å². The molecule has 0 saturated carbocycles. The van der Waals surface area contributed by atoms with Gasteiger partial charge in [-0.05, 0) is 57.6 Å². The molecule has 0 amide bonds. The van der Waals surface area contributed by atoms with Crippen molar-refractivity contribution in [2.45, 2.75) is 57.6 Å². The van der Waals surface area contributed by atoms with Crippen LogP contribution in [0.1, 0.15) is 61.9 Å². The number of esters is 1. The zero-order valence-electron chi connectivity index (χ0n) is 20.7. The van der Waals surface area contributed by atoms with Gasteiger partial charge in [-0.2, -0.15) is 0 Å². The third-order valence-corrected chi connectivity index (χ3v) is 7.70. The summed E-state index contributed by atoms with van der Waals surface area (Å²) in [5.74, 6) is -0.228. The van der Waals surface area contributed by atoms with Gasteiger partial charge >= 0.3 is 5.97 Å². The summed E-state index contributed by atoms with van der Waals surface area (Å²) in [6.45, 7) is 8.67. The van der Waals surface area contributed by atoms with E-state index in [1.807, 2.05) is 36.4 Å². The Labute approximate surface area is 217 Å². The van der Waals surface area contributed by atoms with Crippen LogP contribution in [0.15, 0.2) is 60.7 Å². The van der Waals surface area contributed by atoms with Crippen molar-refractivity contribution in [1.29, 1.82) is 0 Å². The smallest absolute Gasteiger partial charge is 0.339 e. The van der Waals surface area contributed by atoms with E-state index in [2.05, 4.69) is 55.0 Å². The van der Waals surface area contributed by atoms with E-state index in [0.717, 1.165) is 38.2 Å². The van der Waals surface area contributed by atoms with E-state index in [-0.39, 0.29) is 36.2 Å². The Morgan fingerprint density at radius 1 is 0.941 bits per heavy atom. The molecule has 2 heterocycles. The summed E-state index contributed by atoms with van der Waals surface area (Å²) in [5, 5.41) is 0. The van der Waals surface area contributed by atoms with Crippen LogP contribution in [0.25, 0.3) is 0 Å². The first-order valence-electron chi connectivity index (χ1n) is 12.2. The van der Waals surface area contributed by atoms with Gasteiger partial charge in [-0.1, -0.05) is 68.3 Å². The molecule has 0 radical (unpaired) electrons. The van der Waals surface area contributed by atoms with Crippen LogP contribution in [-0.2, 0) is 10.3 Å². The van der Waals surface area contributed by atoms with E-state index in [0.29, 0.717) is 11.6 Å². The molecule has 4 nitrogen and oxygen atoms in total. The minimum absolute atomic E-state index is 0. The van der Waals surface area contributed by atoms with Gasteiger partial charge < -0.3 is 14.5 Å². The molecule has 2 fully saturated rings. The quantitative estimate of drug-likeness (QED) is 0.452. The number of likely N-dealkylation sites (tertiary alicyclic amines) is 2. The lowest BCUT2D eigenvalue weighted by Gasteiger charge is -2.57. The van der Waals surface area contributed by atoms with Crippen LogP contribution >= 0.6 is 24.8 Å². The van der Waals surface area contributed by atoms with Gasteiger partial charge in [-0.15, -0.1) is 24.8 Å². The second-order valence-corrected chi connectivity index (χ2v) is 10.2. The van der Waals surface area contributed by atoms with E-state index in [9.17, 15) is 4.79 Å². The lowest BCUT2D eigenvalue weighted by atomic mass is 9.63. The Balaban J connectivity index is 0.00000204. The molecule has 2 saturated heterocycles. The van der Waals surface area contributed by atoms with Gasteiger partial charge in [-0.3, -0.25) is 0 Å². The number of hydrogen-bond donors (Lipinski definition) is 0. The fourth-order valence-electron chi connectivity index (χ4n) is 5.81. The fraction of sp³-hybridized carbons (Fsp3) is 0.536. The predicted molar refractivity (Wildman–Crippen MR) is 144 cm³/mol.